The number of hydrogen-bond donors (Lipinski definition) is 3. The number of carbonyl (C=O) groups is 2. The Bertz CT molecular complexity index is 1150. The minimum atomic E-state index is -1.07. The lowest BCUT2D eigenvalue weighted by Gasteiger charge is -2.26. The summed E-state index contributed by atoms with van der Waals surface area (Å²) < 4.78 is 0. The molecule has 0 spiro atoms. The molecule has 0 fully saturated rings. The number of carboxylic acids is 1. The molecule has 5 nitrogen and oxygen atoms in total. The van der Waals surface area contributed by atoms with Crippen molar-refractivity contribution in [3.8, 4) is 95.2 Å². The number of carbonyl (C=O) groups excluding carboxylic acids is 1. The van der Waals surface area contributed by atoms with E-state index in [1.165, 1.54) is 0 Å². The van der Waals surface area contributed by atoms with E-state index in [4.69, 9.17) is 11.5 Å². The van der Waals surface area contributed by atoms with Gasteiger partial charge in [-0.1, -0.05) is 19.8 Å². The van der Waals surface area contributed by atoms with Crippen molar-refractivity contribution < 1.29 is 19.8 Å². The van der Waals surface area contributed by atoms with E-state index in [0.29, 0.717) is 6.42 Å². The van der Waals surface area contributed by atoms with E-state index in [9.17, 15) is 14.7 Å². The summed E-state index contributed by atoms with van der Waals surface area (Å²) in [6.07, 6.45) is 5.66. The maximum Gasteiger partial charge on any atom is 0.307 e. The molecule has 0 rings (SSSR count). The number of amides is 1. The molecule has 0 aliphatic rings. The van der Waals surface area contributed by atoms with Gasteiger partial charge in [0.25, 0.3) is 0 Å². The largest absolute Gasteiger partial charge is 0.481 e. The first-order chi connectivity index (χ1) is 15.5. The van der Waals surface area contributed by atoms with Gasteiger partial charge in [0.2, 0.25) is 5.91 Å². The number of aliphatic carboxylic acids is 1. The molecular formula is C27H21NO4. The lowest BCUT2D eigenvalue weighted by atomic mass is 9.78. The van der Waals surface area contributed by atoms with Crippen molar-refractivity contribution in [2.75, 3.05) is 13.2 Å². The second-order valence-electron chi connectivity index (χ2n) is 5.82. The number of aliphatic hydroxyl groups is 1. The van der Waals surface area contributed by atoms with Crippen LogP contribution in [0.25, 0.3) is 0 Å². The summed E-state index contributed by atoms with van der Waals surface area (Å²) in [6, 6.07) is 0. The summed E-state index contributed by atoms with van der Waals surface area (Å²) in [4.78, 5) is 24.1. The van der Waals surface area contributed by atoms with Gasteiger partial charge in [0, 0.05) is 12.5 Å². The molecule has 3 unspecified atom stereocenters. The van der Waals surface area contributed by atoms with Crippen LogP contribution >= 0.6 is 0 Å². The van der Waals surface area contributed by atoms with Gasteiger partial charge in [0.05, 0.1) is 18.4 Å². The Hall–Kier alpha value is -4.62. The summed E-state index contributed by atoms with van der Waals surface area (Å²) in [6.45, 7) is 3.32. The van der Waals surface area contributed by atoms with Crippen LogP contribution in [0, 0.1) is 113 Å². The first kappa shape index (κ1) is 27.4. The van der Waals surface area contributed by atoms with Crippen molar-refractivity contribution in [2.24, 2.45) is 17.8 Å². The Morgan fingerprint density at radius 2 is 1.28 bits per heavy atom. The van der Waals surface area contributed by atoms with Crippen LogP contribution in [0.15, 0.2) is 0 Å². The molecule has 0 aromatic carbocycles. The predicted octanol–water partition coefficient (Wildman–Crippen LogP) is 0.505. The molecule has 0 aliphatic heterocycles. The maximum absolute atomic E-state index is 12.5. The minimum Gasteiger partial charge on any atom is -0.481 e. The van der Waals surface area contributed by atoms with Crippen molar-refractivity contribution in [1.82, 2.24) is 5.32 Å². The minimum absolute atomic E-state index is 0.0441. The lowest BCUT2D eigenvalue weighted by Crippen LogP contribution is -2.42. The van der Waals surface area contributed by atoms with Crippen LogP contribution < -0.4 is 5.32 Å². The fraction of sp³-hybridized carbons (Fsp3) is 0.333. The van der Waals surface area contributed by atoms with E-state index in [2.05, 4.69) is 94.1 Å². The quantitative estimate of drug-likeness (QED) is 0.497. The van der Waals surface area contributed by atoms with Crippen LogP contribution in [0.3, 0.4) is 0 Å². The summed E-state index contributed by atoms with van der Waals surface area (Å²) in [5.74, 6) is 33.3. The maximum atomic E-state index is 12.5. The molecule has 32 heavy (non-hydrogen) atoms. The van der Waals surface area contributed by atoms with Gasteiger partial charge >= 0.3 is 5.97 Å². The molecule has 3 N–H and O–H groups in total. The zero-order valence-corrected chi connectivity index (χ0v) is 17.8. The van der Waals surface area contributed by atoms with Gasteiger partial charge in [-0.3, -0.25) is 9.59 Å². The number of terminal acetylenes is 1. The molecule has 0 saturated carbocycles. The first-order valence-electron chi connectivity index (χ1n) is 9.60. The van der Waals surface area contributed by atoms with Gasteiger partial charge in [-0.25, -0.2) is 0 Å². The summed E-state index contributed by atoms with van der Waals surface area (Å²) in [5, 5.41) is 21.0. The molecule has 0 heterocycles. The second kappa shape index (κ2) is 18.4. The van der Waals surface area contributed by atoms with E-state index >= 15 is 0 Å². The standard InChI is InChI=1S/C27H21NO4/c1-4-7-8-9-10-11-12-13-14-15-16-17-18-19-20-23(5-2)25(24(6-3)27(31)32)26(30)28-21-22-29/h1,23-25,29H,5-6,21-22H2,2-3H3,(H,28,30)(H,31,32). The SMILES string of the molecule is C#CC#CC#CC#CC#CC#CC#CC#CC(CC)C(C(=O)NCCO)C(CC)C(=O)O. The van der Waals surface area contributed by atoms with Crippen LogP contribution in [0.5, 0.6) is 0 Å². The second-order valence-corrected chi connectivity index (χ2v) is 5.82. The predicted molar refractivity (Wildman–Crippen MR) is 122 cm³/mol. The highest BCUT2D eigenvalue weighted by Gasteiger charge is 2.37. The van der Waals surface area contributed by atoms with Gasteiger partial charge in [-0.2, -0.15) is 0 Å². The molecule has 0 bridgehead atoms. The molecule has 3 atom stereocenters. The number of rotatable bonds is 8. The molecule has 5 heteroatoms. The van der Waals surface area contributed by atoms with Crippen LogP contribution in [0.2, 0.25) is 0 Å². The van der Waals surface area contributed by atoms with Crippen molar-refractivity contribution >= 4 is 11.9 Å². The molecular weight excluding hydrogens is 402 g/mol. The molecule has 1 amide bonds. The van der Waals surface area contributed by atoms with Crippen molar-refractivity contribution in [2.45, 2.75) is 26.7 Å². The van der Waals surface area contributed by atoms with Gasteiger partial charge in [0.1, 0.15) is 0 Å². The van der Waals surface area contributed by atoms with Crippen LogP contribution in [-0.2, 0) is 9.59 Å². The van der Waals surface area contributed by atoms with Gasteiger partial charge in [-0.15, -0.1) is 6.42 Å². The monoisotopic (exact) mass is 423 g/mol. The highest BCUT2D eigenvalue weighted by atomic mass is 16.4. The van der Waals surface area contributed by atoms with Gasteiger partial charge < -0.3 is 15.5 Å². The zero-order valence-electron chi connectivity index (χ0n) is 17.8. The number of nitrogens with one attached hydrogen (secondary N) is 1. The molecule has 0 saturated heterocycles. The molecule has 158 valence electrons. The summed E-state index contributed by atoms with van der Waals surface area (Å²) in [7, 11) is 0. The number of hydrogen-bond acceptors (Lipinski definition) is 3. The van der Waals surface area contributed by atoms with E-state index in [0.717, 1.165) is 0 Å². The lowest BCUT2D eigenvalue weighted by molar-refractivity contribution is -0.148. The fourth-order valence-corrected chi connectivity index (χ4v) is 2.48. The van der Waals surface area contributed by atoms with Crippen LogP contribution in [0.1, 0.15) is 26.7 Å². The molecule has 0 aromatic rings. The average molecular weight is 423 g/mol. The third-order valence-corrected chi connectivity index (χ3v) is 3.86. The van der Waals surface area contributed by atoms with Crippen molar-refractivity contribution in [3.05, 3.63) is 0 Å². The number of aliphatic hydroxyl groups excluding tert-OH is 1. The third-order valence-electron chi connectivity index (χ3n) is 3.86. The van der Waals surface area contributed by atoms with E-state index in [1.807, 2.05) is 6.92 Å². The average Bonchev–Trinajstić information content (AvgIpc) is 2.78. The topological polar surface area (TPSA) is 86.6 Å². The van der Waals surface area contributed by atoms with Gasteiger partial charge in [-0.05, 0) is 95.7 Å². The Labute approximate surface area is 190 Å². The summed E-state index contributed by atoms with van der Waals surface area (Å²) in [5.41, 5.74) is 0. The van der Waals surface area contributed by atoms with Crippen LogP contribution in [0.4, 0.5) is 0 Å². The molecule has 0 radical (unpaired) electrons. The van der Waals surface area contributed by atoms with E-state index in [-0.39, 0.29) is 19.6 Å². The Morgan fingerprint density at radius 3 is 1.66 bits per heavy atom. The highest BCUT2D eigenvalue weighted by molar-refractivity contribution is 5.85. The van der Waals surface area contributed by atoms with Gasteiger partial charge in [0.15, 0.2) is 0 Å². The fourth-order valence-electron chi connectivity index (χ4n) is 2.48. The van der Waals surface area contributed by atoms with E-state index < -0.39 is 29.6 Å². The Balaban J connectivity index is 5.31. The Morgan fingerprint density at radius 1 is 0.812 bits per heavy atom. The van der Waals surface area contributed by atoms with E-state index in [1.54, 1.807) is 6.92 Å². The Kier molecular flexibility index (Phi) is 15.8. The van der Waals surface area contributed by atoms with Crippen LogP contribution in [-0.4, -0.2) is 35.2 Å². The highest BCUT2D eigenvalue weighted by Crippen LogP contribution is 2.27. The zero-order chi connectivity index (χ0) is 24.0. The number of carboxylic acid groups (broad SMARTS) is 1. The smallest absolute Gasteiger partial charge is 0.307 e. The molecule has 0 aliphatic carbocycles. The normalized spacial score (nSPS) is 10.3. The van der Waals surface area contributed by atoms with Crippen molar-refractivity contribution in [1.29, 1.82) is 0 Å². The molecule has 0 aromatic heterocycles. The van der Waals surface area contributed by atoms with Crippen molar-refractivity contribution in [3.63, 3.8) is 0 Å². The summed E-state index contributed by atoms with van der Waals surface area (Å²) >= 11 is 0. The first-order valence-corrected chi connectivity index (χ1v) is 9.60. The third kappa shape index (κ3) is 12.1.